The summed E-state index contributed by atoms with van der Waals surface area (Å²) in [7, 11) is 0. The molecule has 0 atom stereocenters. The van der Waals surface area contributed by atoms with Crippen LogP contribution < -0.4 is 4.46 Å². The third-order valence-corrected chi connectivity index (χ3v) is 7.77. The Kier molecular flexibility index (Phi) is 4.75. The van der Waals surface area contributed by atoms with Crippen LogP contribution in [-0.2, 0) is 5.41 Å². The van der Waals surface area contributed by atoms with Gasteiger partial charge in [0.15, 0.2) is 0 Å². The molecule has 0 bridgehead atoms. The van der Waals surface area contributed by atoms with E-state index in [1.165, 1.54) is 20.1 Å². The zero-order chi connectivity index (χ0) is 17.3. The molecule has 0 nitrogen and oxygen atoms in total. The summed E-state index contributed by atoms with van der Waals surface area (Å²) in [6.45, 7) is 0. The fourth-order valence-corrected chi connectivity index (χ4v) is 6.07. The van der Waals surface area contributed by atoms with Gasteiger partial charge in [0.05, 0.1) is 0 Å². The molecule has 25 heavy (non-hydrogen) atoms. The number of benzene rings is 3. The molecule has 0 N–H and O–H groups in total. The molecule has 0 unspecified atom stereocenters. The zero-order valence-electron chi connectivity index (χ0n) is 13.5. The van der Waals surface area contributed by atoms with Crippen LogP contribution in [-0.4, -0.2) is 15.0 Å². The van der Waals surface area contributed by atoms with E-state index in [2.05, 4.69) is 60.7 Å². The Balaban J connectivity index is 1.79. The summed E-state index contributed by atoms with van der Waals surface area (Å²) in [6.07, 6.45) is 3.40. The molecule has 0 fully saturated rings. The third-order valence-electron chi connectivity index (χ3n) is 4.66. The molecule has 0 aromatic heterocycles. The molecular weight excluding hydrogens is 414 g/mol. The van der Waals surface area contributed by atoms with Gasteiger partial charge in [-0.3, -0.25) is 0 Å². The van der Waals surface area contributed by atoms with E-state index in [1.54, 1.807) is 0 Å². The molecule has 124 valence electrons. The average Bonchev–Trinajstić information content (AvgIpc) is 2.63. The van der Waals surface area contributed by atoms with E-state index in [4.69, 9.17) is 23.2 Å². The van der Waals surface area contributed by atoms with E-state index in [0.29, 0.717) is 15.0 Å². The number of hydrogen-bond acceptors (Lipinski definition) is 0. The van der Waals surface area contributed by atoms with E-state index < -0.39 is 0 Å². The maximum absolute atomic E-state index is 6.13. The summed E-state index contributed by atoms with van der Waals surface area (Å²) >= 11 is 12.5. The van der Waals surface area contributed by atoms with Gasteiger partial charge in [0.2, 0.25) is 0 Å². The van der Waals surface area contributed by atoms with Crippen LogP contribution in [0.3, 0.4) is 0 Å². The first kappa shape index (κ1) is 16.9. The second kappa shape index (κ2) is 7.02. The molecule has 0 aliphatic heterocycles. The zero-order valence-corrected chi connectivity index (χ0v) is 16.7. The van der Waals surface area contributed by atoms with E-state index in [1.807, 2.05) is 24.3 Å². The molecule has 0 amide bonds. The summed E-state index contributed by atoms with van der Waals surface area (Å²) in [5, 5.41) is 1.54. The normalized spacial score (nSPS) is 15.4. The monoisotopic (exact) mass is 430 g/mol. The van der Waals surface area contributed by atoms with Crippen molar-refractivity contribution in [2.45, 2.75) is 11.8 Å². The SMILES string of the molecule is Clc1ccc(C2(c3ccc(Cl)cc3)CC=C2[Se]c2ccccc2)cc1. The van der Waals surface area contributed by atoms with Crippen molar-refractivity contribution in [2.24, 2.45) is 0 Å². The summed E-state index contributed by atoms with van der Waals surface area (Å²) in [5.74, 6) is 0. The summed E-state index contributed by atoms with van der Waals surface area (Å²) < 4.78 is 2.89. The van der Waals surface area contributed by atoms with Crippen LogP contribution >= 0.6 is 23.2 Å². The average molecular weight is 430 g/mol. The fraction of sp³-hybridized carbons (Fsp3) is 0.0909. The quantitative estimate of drug-likeness (QED) is 0.473. The van der Waals surface area contributed by atoms with Gasteiger partial charge in [-0.15, -0.1) is 0 Å². The summed E-state index contributed by atoms with van der Waals surface area (Å²) in [6, 6.07) is 27.3. The maximum atomic E-state index is 6.13. The Hall–Kier alpha value is -1.50. The van der Waals surface area contributed by atoms with Gasteiger partial charge in [0.25, 0.3) is 0 Å². The van der Waals surface area contributed by atoms with Crippen LogP contribution in [0.25, 0.3) is 0 Å². The van der Waals surface area contributed by atoms with Crippen molar-refractivity contribution >= 4 is 42.6 Å². The minimum absolute atomic E-state index is 0.0645. The van der Waals surface area contributed by atoms with Crippen molar-refractivity contribution in [3.8, 4) is 0 Å². The van der Waals surface area contributed by atoms with Crippen molar-refractivity contribution in [1.29, 1.82) is 0 Å². The Morgan fingerprint density at radius 3 is 1.64 bits per heavy atom. The summed E-state index contributed by atoms with van der Waals surface area (Å²) in [4.78, 5) is 0. The molecule has 0 radical (unpaired) electrons. The topological polar surface area (TPSA) is 0 Å². The molecule has 3 aromatic rings. The fourth-order valence-electron chi connectivity index (χ4n) is 3.29. The summed E-state index contributed by atoms with van der Waals surface area (Å²) in [5.41, 5.74) is 2.54. The predicted molar refractivity (Wildman–Crippen MR) is 108 cm³/mol. The molecule has 3 aromatic carbocycles. The molecule has 0 saturated heterocycles. The molecule has 0 heterocycles. The van der Waals surface area contributed by atoms with E-state index in [9.17, 15) is 0 Å². The number of hydrogen-bond donors (Lipinski definition) is 0. The Morgan fingerprint density at radius 2 is 1.20 bits per heavy atom. The Labute approximate surface area is 164 Å². The molecule has 0 spiro atoms. The number of allylic oxidation sites excluding steroid dienone is 2. The van der Waals surface area contributed by atoms with Crippen LogP contribution in [0.5, 0.6) is 0 Å². The van der Waals surface area contributed by atoms with Crippen LogP contribution in [0, 0.1) is 0 Å². The van der Waals surface area contributed by atoms with Gasteiger partial charge >= 0.3 is 165 Å². The molecule has 1 aliphatic rings. The van der Waals surface area contributed by atoms with Gasteiger partial charge < -0.3 is 0 Å². The van der Waals surface area contributed by atoms with Gasteiger partial charge in [-0.2, -0.15) is 0 Å². The molecule has 1 aliphatic carbocycles. The first-order chi connectivity index (χ1) is 12.2. The van der Waals surface area contributed by atoms with Crippen molar-refractivity contribution in [3.05, 3.63) is 111 Å². The van der Waals surface area contributed by atoms with Crippen LogP contribution in [0.4, 0.5) is 0 Å². The van der Waals surface area contributed by atoms with Gasteiger partial charge in [-0.05, 0) is 0 Å². The van der Waals surface area contributed by atoms with Gasteiger partial charge in [-0.25, -0.2) is 0 Å². The third kappa shape index (κ3) is 3.18. The minimum atomic E-state index is -0.0645. The van der Waals surface area contributed by atoms with E-state index >= 15 is 0 Å². The number of rotatable bonds is 4. The molecule has 0 saturated carbocycles. The Bertz CT molecular complexity index is 852. The van der Waals surface area contributed by atoms with Crippen molar-refractivity contribution in [2.75, 3.05) is 0 Å². The van der Waals surface area contributed by atoms with Crippen molar-refractivity contribution < 1.29 is 0 Å². The van der Waals surface area contributed by atoms with Crippen molar-refractivity contribution in [1.82, 2.24) is 0 Å². The van der Waals surface area contributed by atoms with E-state index in [-0.39, 0.29) is 5.41 Å². The van der Waals surface area contributed by atoms with Crippen LogP contribution in [0.15, 0.2) is 89.4 Å². The van der Waals surface area contributed by atoms with Crippen LogP contribution in [0.1, 0.15) is 17.5 Å². The van der Waals surface area contributed by atoms with Crippen molar-refractivity contribution in [3.63, 3.8) is 0 Å². The predicted octanol–water partition coefficient (Wildman–Crippen LogP) is 5.60. The molecule has 3 heteroatoms. The Morgan fingerprint density at radius 1 is 0.680 bits per heavy atom. The second-order valence-electron chi connectivity index (χ2n) is 6.11. The first-order valence-electron chi connectivity index (χ1n) is 8.14. The molecule has 4 rings (SSSR count). The van der Waals surface area contributed by atoms with E-state index in [0.717, 1.165) is 16.5 Å². The first-order valence-corrected chi connectivity index (χ1v) is 10.6. The second-order valence-corrected chi connectivity index (χ2v) is 9.32. The molecular formula is C22H16Cl2Se. The van der Waals surface area contributed by atoms with Gasteiger partial charge in [-0.1, -0.05) is 0 Å². The van der Waals surface area contributed by atoms with Gasteiger partial charge in [0.1, 0.15) is 0 Å². The number of halogens is 2. The van der Waals surface area contributed by atoms with Crippen LogP contribution in [0.2, 0.25) is 10.0 Å². The standard InChI is InChI=1S/C22H16Cl2Se/c23-18-10-6-16(7-11-18)22(17-8-12-19(24)13-9-17)15-14-21(22)25-20-4-2-1-3-5-20/h1-14H,15H2. The van der Waals surface area contributed by atoms with Gasteiger partial charge in [0, 0.05) is 0 Å².